The molecule has 0 fully saturated rings. The van der Waals surface area contributed by atoms with Gasteiger partial charge >= 0.3 is 0 Å². The van der Waals surface area contributed by atoms with Gasteiger partial charge in [-0.15, -0.1) is 0 Å². The molecular formula is C18H20ClN5O2. The average Bonchev–Trinajstić information content (AvgIpc) is 3.26. The van der Waals surface area contributed by atoms with Crippen LogP contribution in [-0.2, 0) is 6.54 Å². The Morgan fingerprint density at radius 1 is 1.35 bits per heavy atom. The number of unbranched alkanes of at least 4 members (excludes halogenated alkanes) is 2. The van der Waals surface area contributed by atoms with Gasteiger partial charge in [-0.3, -0.25) is 9.48 Å². The van der Waals surface area contributed by atoms with Crippen molar-refractivity contribution in [3.8, 4) is 11.1 Å². The number of anilines is 2. The summed E-state index contributed by atoms with van der Waals surface area (Å²) in [5.74, 6) is -0.445. The fourth-order valence-electron chi connectivity index (χ4n) is 2.54. The van der Waals surface area contributed by atoms with Crippen molar-refractivity contribution >= 4 is 29.2 Å². The largest absolute Gasteiger partial charge is 0.431 e. The molecule has 0 bridgehead atoms. The third-order valence-corrected chi connectivity index (χ3v) is 4.26. The second kappa shape index (κ2) is 8.05. The molecule has 0 aliphatic carbocycles. The van der Waals surface area contributed by atoms with Crippen molar-refractivity contribution < 1.29 is 9.21 Å². The Morgan fingerprint density at radius 2 is 2.19 bits per heavy atom. The van der Waals surface area contributed by atoms with E-state index < -0.39 is 5.91 Å². The number of benzene rings is 1. The number of aryl methyl sites for hydroxylation is 1. The van der Waals surface area contributed by atoms with Crippen LogP contribution >= 0.6 is 11.6 Å². The molecule has 3 N–H and O–H groups in total. The van der Waals surface area contributed by atoms with E-state index >= 15 is 0 Å². The zero-order chi connectivity index (χ0) is 18.5. The highest BCUT2D eigenvalue weighted by Gasteiger charge is 2.14. The van der Waals surface area contributed by atoms with Crippen molar-refractivity contribution in [1.82, 2.24) is 14.8 Å². The number of carbonyl (C=O) groups excluding carboxylic acids is 1. The van der Waals surface area contributed by atoms with Crippen LogP contribution in [0.25, 0.3) is 11.1 Å². The van der Waals surface area contributed by atoms with Gasteiger partial charge in [0.2, 0.25) is 0 Å². The van der Waals surface area contributed by atoms with E-state index in [-0.39, 0.29) is 11.7 Å². The number of hydrogen-bond donors (Lipinski definition) is 2. The first kappa shape index (κ1) is 18.0. The summed E-state index contributed by atoms with van der Waals surface area (Å²) in [6, 6.07) is 5.36. The summed E-state index contributed by atoms with van der Waals surface area (Å²) >= 11 is 6.21. The Kier molecular flexibility index (Phi) is 5.58. The molecule has 8 heteroatoms. The third kappa shape index (κ3) is 4.23. The fraction of sp³-hybridized carbons (Fsp3) is 0.278. The summed E-state index contributed by atoms with van der Waals surface area (Å²) < 4.78 is 6.78. The summed E-state index contributed by atoms with van der Waals surface area (Å²) in [5, 5.41) is 7.54. The summed E-state index contributed by atoms with van der Waals surface area (Å²) in [6.45, 7) is 3.06. The first-order chi connectivity index (χ1) is 12.6. The molecule has 0 aliphatic rings. The van der Waals surface area contributed by atoms with E-state index in [9.17, 15) is 4.79 Å². The van der Waals surface area contributed by atoms with Gasteiger partial charge in [0.1, 0.15) is 6.26 Å². The molecule has 2 aromatic heterocycles. The molecule has 0 spiro atoms. The van der Waals surface area contributed by atoms with Gasteiger partial charge in [0, 0.05) is 18.3 Å². The maximum absolute atomic E-state index is 12.2. The van der Waals surface area contributed by atoms with Crippen LogP contribution in [-0.4, -0.2) is 20.7 Å². The highest BCUT2D eigenvalue weighted by atomic mass is 35.5. The quantitative estimate of drug-likeness (QED) is 0.604. The van der Waals surface area contributed by atoms with Gasteiger partial charge < -0.3 is 15.5 Å². The molecule has 0 aliphatic heterocycles. The highest BCUT2D eigenvalue weighted by molar-refractivity contribution is 6.34. The number of nitrogens with one attached hydrogen (secondary N) is 1. The summed E-state index contributed by atoms with van der Waals surface area (Å²) in [5.41, 5.74) is 7.83. The summed E-state index contributed by atoms with van der Waals surface area (Å²) in [6.07, 6.45) is 8.44. The van der Waals surface area contributed by atoms with E-state index in [0.29, 0.717) is 10.7 Å². The van der Waals surface area contributed by atoms with Crippen molar-refractivity contribution in [1.29, 1.82) is 0 Å². The van der Waals surface area contributed by atoms with Gasteiger partial charge in [0.15, 0.2) is 5.69 Å². The van der Waals surface area contributed by atoms with E-state index in [1.165, 1.54) is 19.1 Å². The van der Waals surface area contributed by atoms with E-state index in [0.717, 1.165) is 24.1 Å². The van der Waals surface area contributed by atoms with Crippen LogP contribution in [0, 0.1) is 0 Å². The molecule has 2 heterocycles. The Balaban J connectivity index is 1.76. The number of nitrogens with zero attached hydrogens (tertiary/aromatic N) is 3. The standard InChI is InChI=1S/C18H20ClN5O2/c1-2-3-4-7-24-10-13(9-21-24)12-5-6-14(19)15(8-12)22-17(25)16-11-26-18(20)23-16/h5-6,8-11H,2-4,7H2,1H3,(H2,20,23)(H,22,25). The van der Waals surface area contributed by atoms with E-state index in [4.69, 9.17) is 21.8 Å². The Morgan fingerprint density at radius 3 is 2.92 bits per heavy atom. The van der Waals surface area contributed by atoms with Crippen LogP contribution in [0.2, 0.25) is 5.02 Å². The molecule has 0 unspecified atom stereocenters. The lowest BCUT2D eigenvalue weighted by Gasteiger charge is -2.07. The van der Waals surface area contributed by atoms with Crippen LogP contribution in [0.15, 0.2) is 41.3 Å². The topological polar surface area (TPSA) is 99.0 Å². The molecule has 3 rings (SSSR count). The molecule has 3 aromatic rings. The fourth-order valence-corrected chi connectivity index (χ4v) is 2.70. The number of amides is 1. The normalized spacial score (nSPS) is 10.8. The van der Waals surface area contributed by atoms with Gasteiger partial charge in [0.25, 0.3) is 11.9 Å². The second-order valence-electron chi connectivity index (χ2n) is 5.92. The predicted octanol–water partition coefficient (Wildman–Crippen LogP) is 4.22. The maximum atomic E-state index is 12.2. The molecule has 0 radical (unpaired) electrons. The molecule has 0 saturated carbocycles. The molecule has 0 saturated heterocycles. The number of hydrogen-bond acceptors (Lipinski definition) is 5. The molecule has 136 valence electrons. The lowest BCUT2D eigenvalue weighted by molar-refractivity contribution is 0.102. The monoisotopic (exact) mass is 373 g/mol. The Labute approximate surface area is 156 Å². The molecule has 1 aromatic carbocycles. The minimum Gasteiger partial charge on any atom is -0.431 e. The Bertz CT molecular complexity index is 903. The molecule has 26 heavy (non-hydrogen) atoms. The van der Waals surface area contributed by atoms with Crippen molar-refractivity contribution in [3.05, 3.63) is 47.6 Å². The van der Waals surface area contributed by atoms with Crippen molar-refractivity contribution in [2.75, 3.05) is 11.1 Å². The molecular weight excluding hydrogens is 354 g/mol. The molecule has 0 atom stereocenters. The Hall–Kier alpha value is -2.80. The van der Waals surface area contributed by atoms with Crippen LogP contribution in [0.1, 0.15) is 36.7 Å². The van der Waals surface area contributed by atoms with E-state index in [2.05, 4.69) is 22.3 Å². The van der Waals surface area contributed by atoms with E-state index in [1.807, 2.05) is 16.9 Å². The first-order valence-electron chi connectivity index (χ1n) is 8.41. The maximum Gasteiger partial charge on any atom is 0.292 e. The van der Waals surface area contributed by atoms with Crippen LogP contribution < -0.4 is 11.1 Å². The summed E-state index contributed by atoms with van der Waals surface area (Å²) in [4.78, 5) is 16.0. The number of oxazole rings is 1. The molecule has 7 nitrogen and oxygen atoms in total. The van der Waals surface area contributed by atoms with Gasteiger partial charge in [-0.05, 0) is 24.1 Å². The lowest BCUT2D eigenvalue weighted by atomic mass is 10.1. The first-order valence-corrected chi connectivity index (χ1v) is 8.79. The number of nitrogen functional groups attached to an aromatic ring is 1. The van der Waals surface area contributed by atoms with Crippen molar-refractivity contribution in [2.45, 2.75) is 32.7 Å². The number of aromatic nitrogens is 3. The van der Waals surface area contributed by atoms with Crippen molar-refractivity contribution in [2.24, 2.45) is 0 Å². The highest BCUT2D eigenvalue weighted by Crippen LogP contribution is 2.29. The van der Waals surface area contributed by atoms with Gasteiger partial charge in [-0.25, -0.2) is 0 Å². The number of halogens is 1. The zero-order valence-corrected chi connectivity index (χ0v) is 15.2. The summed E-state index contributed by atoms with van der Waals surface area (Å²) in [7, 11) is 0. The smallest absolute Gasteiger partial charge is 0.292 e. The van der Waals surface area contributed by atoms with Gasteiger partial charge in [-0.1, -0.05) is 37.4 Å². The van der Waals surface area contributed by atoms with Crippen LogP contribution in [0.4, 0.5) is 11.7 Å². The number of nitrogens with two attached hydrogens (primary N) is 1. The second-order valence-corrected chi connectivity index (χ2v) is 6.33. The average molecular weight is 374 g/mol. The van der Waals surface area contributed by atoms with Crippen LogP contribution in [0.3, 0.4) is 0 Å². The predicted molar refractivity (Wildman–Crippen MR) is 101 cm³/mol. The van der Waals surface area contributed by atoms with Crippen LogP contribution in [0.5, 0.6) is 0 Å². The zero-order valence-electron chi connectivity index (χ0n) is 14.4. The lowest BCUT2D eigenvalue weighted by Crippen LogP contribution is -2.12. The van der Waals surface area contributed by atoms with Gasteiger partial charge in [0.05, 0.1) is 16.9 Å². The SMILES string of the molecule is CCCCCn1cc(-c2ccc(Cl)c(NC(=O)c3coc(N)n3)c2)cn1. The minimum atomic E-state index is -0.445. The van der Waals surface area contributed by atoms with E-state index in [1.54, 1.807) is 18.3 Å². The molecule has 1 amide bonds. The number of rotatable bonds is 7. The number of carbonyl (C=O) groups is 1. The van der Waals surface area contributed by atoms with Crippen molar-refractivity contribution in [3.63, 3.8) is 0 Å². The van der Waals surface area contributed by atoms with Gasteiger partial charge in [-0.2, -0.15) is 10.1 Å². The third-order valence-electron chi connectivity index (χ3n) is 3.93. The minimum absolute atomic E-state index is 0.0644.